The lowest BCUT2D eigenvalue weighted by atomic mass is 10.0. The Morgan fingerprint density at radius 1 is 1.17 bits per heavy atom. The molecule has 0 aliphatic rings. The smallest absolute Gasteiger partial charge is 0.270 e. The van der Waals surface area contributed by atoms with Crippen molar-refractivity contribution in [2.45, 2.75) is 6.54 Å². The normalized spacial score (nSPS) is 10.3. The Morgan fingerprint density at radius 2 is 1.83 bits per heavy atom. The summed E-state index contributed by atoms with van der Waals surface area (Å²) < 4.78 is 0. The minimum atomic E-state index is -0.465. The van der Waals surface area contributed by atoms with Gasteiger partial charge < -0.3 is 5.73 Å². The van der Waals surface area contributed by atoms with E-state index in [1.54, 1.807) is 6.07 Å². The van der Waals surface area contributed by atoms with E-state index in [2.05, 4.69) is 0 Å². The predicted molar refractivity (Wildman–Crippen MR) is 71.4 cm³/mol. The van der Waals surface area contributed by atoms with E-state index in [4.69, 9.17) is 17.3 Å². The highest BCUT2D eigenvalue weighted by Crippen LogP contribution is 2.31. The van der Waals surface area contributed by atoms with Crippen LogP contribution in [0.5, 0.6) is 0 Å². The summed E-state index contributed by atoms with van der Waals surface area (Å²) in [6.07, 6.45) is 0. The molecule has 0 bridgehead atoms. The van der Waals surface area contributed by atoms with Gasteiger partial charge in [0, 0.05) is 24.2 Å². The minimum absolute atomic E-state index is 0.0117. The number of hydrogen-bond acceptors (Lipinski definition) is 3. The lowest BCUT2D eigenvalue weighted by Gasteiger charge is -2.05. The van der Waals surface area contributed by atoms with Gasteiger partial charge in [-0.15, -0.1) is 0 Å². The van der Waals surface area contributed by atoms with Crippen LogP contribution in [0, 0.1) is 10.1 Å². The highest BCUT2D eigenvalue weighted by atomic mass is 35.5. The number of benzene rings is 2. The highest BCUT2D eigenvalue weighted by molar-refractivity contribution is 6.33. The van der Waals surface area contributed by atoms with E-state index >= 15 is 0 Å². The summed E-state index contributed by atoms with van der Waals surface area (Å²) in [5, 5.41) is 11.0. The van der Waals surface area contributed by atoms with E-state index in [1.807, 2.05) is 24.3 Å². The summed E-state index contributed by atoms with van der Waals surface area (Å²) in [5.41, 5.74) is 8.21. The first-order valence-electron chi connectivity index (χ1n) is 5.35. The van der Waals surface area contributed by atoms with Gasteiger partial charge in [-0.1, -0.05) is 35.9 Å². The van der Waals surface area contributed by atoms with Gasteiger partial charge in [-0.2, -0.15) is 0 Å². The molecule has 0 radical (unpaired) electrons. The van der Waals surface area contributed by atoms with Crippen LogP contribution in [0.15, 0.2) is 42.5 Å². The van der Waals surface area contributed by atoms with Crippen LogP contribution >= 0.6 is 11.6 Å². The van der Waals surface area contributed by atoms with Crippen LogP contribution in [0.2, 0.25) is 5.02 Å². The van der Waals surface area contributed by atoms with Gasteiger partial charge in [0.15, 0.2) is 0 Å². The second-order valence-corrected chi connectivity index (χ2v) is 4.23. The molecule has 2 aromatic carbocycles. The van der Waals surface area contributed by atoms with Crippen molar-refractivity contribution in [2.75, 3.05) is 0 Å². The molecule has 92 valence electrons. The van der Waals surface area contributed by atoms with Crippen LogP contribution in [0.3, 0.4) is 0 Å². The first-order valence-corrected chi connectivity index (χ1v) is 5.73. The number of nitrogens with two attached hydrogens (primary N) is 1. The zero-order valence-corrected chi connectivity index (χ0v) is 10.2. The Balaban J connectivity index is 2.41. The average molecular weight is 263 g/mol. The van der Waals surface area contributed by atoms with Crippen molar-refractivity contribution in [3.8, 4) is 11.1 Å². The molecule has 0 unspecified atom stereocenters. The predicted octanol–water partition coefficient (Wildman–Crippen LogP) is 3.37. The molecule has 2 aromatic rings. The third kappa shape index (κ3) is 2.50. The maximum absolute atomic E-state index is 10.6. The van der Waals surface area contributed by atoms with E-state index in [9.17, 15) is 10.1 Å². The van der Waals surface area contributed by atoms with Crippen molar-refractivity contribution in [2.24, 2.45) is 5.73 Å². The molecule has 2 rings (SSSR count). The number of nitro benzene ring substituents is 1. The number of nitrogens with zero attached hydrogens (tertiary/aromatic N) is 1. The molecule has 0 atom stereocenters. The van der Waals surface area contributed by atoms with Crippen LogP contribution in [0.25, 0.3) is 11.1 Å². The molecule has 0 aromatic heterocycles. The van der Waals surface area contributed by atoms with Gasteiger partial charge in [0.1, 0.15) is 0 Å². The zero-order chi connectivity index (χ0) is 13.1. The van der Waals surface area contributed by atoms with Gasteiger partial charge in [-0.05, 0) is 17.2 Å². The molecule has 0 heterocycles. The Morgan fingerprint density at radius 3 is 2.33 bits per heavy atom. The topological polar surface area (TPSA) is 69.2 Å². The summed E-state index contributed by atoms with van der Waals surface area (Å²) in [4.78, 5) is 10.2. The van der Waals surface area contributed by atoms with Crippen molar-refractivity contribution in [3.05, 3.63) is 63.2 Å². The van der Waals surface area contributed by atoms with Gasteiger partial charge in [-0.25, -0.2) is 0 Å². The molecule has 5 heteroatoms. The maximum Gasteiger partial charge on any atom is 0.270 e. The maximum atomic E-state index is 10.6. The molecule has 0 saturated heterocycles. The Hall–Kier alpha value is -1.91. The van der Waals surface area contributed by atoms with E-state index in [0.29, 0.717) is 11.6 Å². The SMILES string of the molecule is NCc1ccc(-c2ccc([N+](=O)[O-])cc2Cl)cc1. The molecular weight excluding hydrogens is 252 g/mol. The Kier molecular flexibility index (Phi) is 3.60. The van der Waals surface area contributed by atoms with E-state index in [1.165, 1.54) is 12.1 Å². The van der Waals surface area contributed by atoms with Crippen molar-refractivity contribution < 1.29 is 4.92 Å². The lowest BCUT2D eigenvalue weighted by Crippen LogP contribution is -1.95. The van der Waals surface area contributed by atoms with E-state index in [0.717, 1.165) is 16.7 Å². The summed E-state index contributed by atoms with van der Waals surface area (Å²) in [6.45, 7) is 0.480. The van der Waals surface area contributed by atoms with Crippen molar-refractivity contribution in [1.82, 2.24) is 0 Å². The second kappa shape index (κ2) is 5.16. The van der Waals surface area contributed by atoms with Gasteiger partial charge in [0.25, 0.3) is 5.69 Å². The molecule has 2 N–H and O–H groups in total. The number of non-ortho nitro benzene ring substituents is 1. The molecule has 0 aliphatic heterocycles. The quantitative estimate of drug-likeness (QED) is 0.681. The lowest BCUT2D eigenvalue weighted by molar-refractivity contribution is -0.384. The van der Waals surface area contributed by atoms with Crippen LogP contribution in [0.1, 0.15) is 5.56 Å². The highest BCUT2D eigenvalue weighted by Gasteiger charge is 2.10. The fraction of sp³-hybridized carbons (Fsp3) is 0.0769. The van der Waals surface area contributed by atoms with Gasteiger partial charge in [0.2, 0.25) is 0 Å². The molecule has 0 aliphatic carbocycles. The summed E-state index contributed by atoms with van der Waals surface area (Å²) in [5.74, 6) is 0. The van der Waals surface area contributed by atoms with Crippen LogP contribution in [-0.4, -0.2) is 4.92 Å². The van der Waals surface area contributed by atoms with E-state index < -0.39 is 4.92 Å². The third-order valence-corrected chi connectivity index (χ3v) is 2.98. The minimum Gasteiger partial charge on any atom is -0.326 e. The van der Waals surface area contributed by atoms with Gasteiger partial charge in [0.05, 0.1) is 9.95 Å². The number of halogens is 1. The average Bonchev–Trinajstić information content (AvgIpc) is 2.38. The third-order valence-electron chi connectivity index (χ3n) is 2.66. The molecule has 0 amide bonds. The largest absolute Gasteiger partial charge is 0.326 e. The summed E-state index contributed by atoms with van der Waals surface area (Å²) >= 11 is 6.05. The van der Waals surface area contributed by atoms with Crippen LogP contribution in [-0.2, 0) is 6.54 Å². The fourth-order valence-corrected chi connectivity index (χ4v) is 1.96. The van der Waals surface area contributed by atoms with Crippen LogP contribution < -0.4 is 5.73 Å². The number of rotatable bonds is 3. The van der Waals surface area contributed by atoms with Crippen molar-refractivity contribution >= 4 is 17.3 Å². The zero-order valence-electron chi connectivity index (χ0n) is 9.47. The standard InChI is InChI=1S/C13H11ClN2O2/c14-13-7-11(16(17)18)5-6-12(13)10-3-1-9(8-15)2-4-10/h1-7H,8,15H2. The van der Waals surface area contributed by atoms with E-state index in [-0.39, 0.29) is 5.69 Å². The Bertz CT molecular complexity index is 582. The second-order valence-electron chi connectivity index (χ2n) is 3.82. The van der Waals surface area contributed by atoms with Gasteiger partial charge >= 0.3 is 0 Å². The monoisotopic (exact) mass is 262 g/mol. The molecule has 18 heavy (non-hydrogen) atoms. The number of hydrogen-bond donors (Lipinski definition) is 1. The number of nitro groups is 1. The first kappa shape index (κ1) is 12.5. The molecule has 0 fully saturated rings. The molecule has 0 saturated carbocycles. The molecule has 4 nitrogen and oxygen atoms in total. The first-order chi connectivity index (χ1) is 8.61. The summed E-state index contributed by atoms with van der Waals surface area (Å²) in [6, 6.07) is 12.1. The molecular formula is C13H11ClN2O2. The van der Waals surface area contributed by atoms with Crippen LogP contribution in [0.4, 0.5) is 5.69 Å². The summed E-state index contributed by atoms with van der Waals surface area (Å²) in [7, 11) is 0. The Labute approximate surface area is 109 Å². The van der Waals surface area contributed by atoms with Gasteiger partial charge in [-0.3, -0.25) is 10.1 Å². The fourth-order valence-electron chi connectivity index (χ4n) is 1.67. The van der Waals surface area contributed by atoms with Crippen molar-refractivity contribution in [1.29, 1.82) is 0 Å². The van der Waals surface area contributed by atoms with Crippen molar-refractivity contribution in [3.63, 3.8) is 0 Å². The molecule has 0 spiro atoms.